The first-order chi connectivity index (χ1) is 11.7. The Labute approximate surface area is 141 Å². The maximum atomic E-state index is 13.6. The largest absolute Gasteiger partial charge is 0.322 e. The van der Waals surface area contributed by atoms with Crippen LogP contribution in [0, 0.1) is 5.82 Å². The zero-order valence-electron chi connectivity index (χ0n) is 12.4. The van der Waals surface area contributed by atoms with Crippen molar-refractivity contribution in [1.82, 2.24) is 9.38 Å². The maximum Gasteiger partial charge on any atom is 0.258 e. The topological polar surface area (TPSA) is 46.4 Å². The predicted octanol–water partition coefficient (Wildman–Crippen LogP) is 4.45. The summed E-state index contributed by atoms with van der Waals surface area (Å²) in [6.07, 6.45) is 3.91. The normalized spacial score (nSPS) is 10.9. The summed E-state index contributed by atoms with van der Waals surface area (Å²) in [4.78, 5) is 17.6. The number of hydrogen-bond acceptors (Lipinski definition) is 3. The lowest BCUT2D eigenvalue weighted by atomic mass is 10.1. The molecule has 0 atom stereocenters. The van der Waals surface area contributed by atoms with Crippen LogP contribution in [0.3, 0.4) is 0 Å². The molecule has 118 valence electrons. The lowest BCUT2D eigenvalue weighted by molar-refractivity contribution is 0.102. The van der Waals surface area contributed by atoms with E-state index in [-0.39, 0.29) is 5.56 Å². The van der Waals surface area contributed by atoms with E-state index in [2.05, 4.69) is 10.3 Å². The molecule has 0 aliphatic heterocycles. The van der Waals surface area contributed by atoms with Crippen LogP contribution < -0.4 is 5.32 Å². The van der Waals surface area contributed by atoms with E-state index in [1.807, 2.05) is 34.3 Å². The third kappa shape index (κ3) is 2.68. The van der Waals surface area contributed by atoms with Crippen molar-refractivity contribution >= 4 is 27.9 Å². The molecule has 4 rings (SSSR count). The van der Waals surface area contributed by atoms with Crippen LogP contribution in [0.15, 0.2) is 66.3 Å². The number of rotatable bonds is 3. The molecule has 6 heteroatoms. The molecule has 0 radical (unpaired) electrons. The summed E-state index contributed by atoms with van der Waals surface area (Å²) in [5, 5.41) is 4.68. The Bertz CT molecular complexity index is 992. The quantitative estimate of drug-likeness (QED) is 0.600. The molecule has 0 bridgehead atoms. The molecule has 0 fully saturated rings. The van der Waals surface area contributed by atoms with Crippen molar-refractivity contribution < 1.29 is 9.18 Å². The lowest BCUT2D eigenvalue weighted by Gasteiger charge is -2.06. The molecule has 0 saturated heterocycles. The standard InChI is InChI=1S/C18H12FN3OS/c19-15-4-2-1-3-14(15)17(23)20-13-7-5-12(6-8-13)16-11-22-9-10-24-18(22)21-16/h1-11H,(H,20,23). The van der Waals surface area contributed by atoms with Gasteiger partial charge in [-0.25, -0.2) is 9.37 Å². The van der Waals surface area contributed by atoms with Gasteiger partial charge in [0.2, 0.25) is 0 Å². The molecule has 0 saturated carbocycles. The zero-order valence-corrected chi connectivity index (χ0v) is 13.3. The van der Waals surface area contributed by atoms with Gasteiger partial charge in [0.25, 0.3) is 5.91 Å². The number of aromatic nitrogens is 2. The first kappa shape index (κ1) is 14.6. The molecule has 4 nitrogen and oxygen atoms in total. The second-order valence-electron chi connectivity index (χ2n) is 5.23. The molecule has 2 aromatic carbocycles. The Kier molecular flexibility index (Phi) is 3.59. The van der Waals surface area contributed by atoms with Gasteiger partial charge in [-0.15, -0.1) is 11.3 Å². The molecule has 0 spiro atoms. The van der Waals surface area contributed by atoms with E-state index >= 15 is 0 Å². The first-order valence-corrected chi connectivity index (χ1v) is 8.17. The smallest absolute Gasteiger partial charge is 0.258 e. The third-order valence-corrected chi connectivity index (χ3v) is 4.42. The van der Waals surface area contributed by atoms with E-state index in [0.29, 0.717) is 5.69 Å². The summed E-state index contributed by atoms with van der Waals surface area (Å²) in [6, 6.07) is 13.2. The number of benzene rings is 2. The molecule has 24 heavy (non-hydrogen) atoms. The summed E-state index contributed by atoms with van der Waals surface area (Å²) in [5.41, 5.74) is 2.45. The monoisotopic (exact) mass is 337 g/mol. The Morgan fingerprint density at radius 1 is 1.12 bits per heavy atom. The van der Waals surface area contributed by atoms with Crippen molar-refractivity contribution in [2.24, 2.45) is 0 Å². The minimum absolute atomic E-state index is 0.0240. The fourth-order valence-corrected chi connectivity index (χ4v) is 3.13. The van der Waals surface area contributed by atoms with Crippen molar-refractivity contribution in [2.75, 3.05) is 5.32 Å². The summed E-state index contributed by atoms with van der Waals surface area (Å²) in [6.45, 7) is 0. The van der Waals surface area contributed by atoms with E-state index in [0.717, 1.165) is 16.2 Å². The van der Waals surface area contributed by atoms with Gasteiger partial charge in [-0.05, 0) is 24.3 Å². The molecule has 1 N–H and O–H groups in total. The number of anilines is 1. The fraction of sp³-hybridized carbons (Fsp3) is 0. The number of nitrogens with one attached hydrogen (secondary N) is 1. The number of amides is 1. The Balaban J connectivity index is 1.54. The second-order valence-corrected chi connectivity index (χ2v) is 6.10. The first-order valence-electron chi connectivity index (χ1n) is 7.29. The van der Waals surface area contributed by atoms with E-state index < -0.39 is 11.7 Å². The number of carbonyl (C=O) groups is 1. The number of imidazole rings is 1. The van der Waals surface area contributed by atoms with E-state index in [1.165, 1.54) is 12.1 Å². The highest BCUT2D eigenvalue weighted by atomic mass is 32.1. The molecule has 4 aromatic rings. The number of fused-ring (bicyclic) bond motifs is 1. The second kappa shape index (κ2) is 5.90. The van der Waals surface area contributed by atoms with Crippen LogP contribution in [0.25, 0.3) is 16.2 Å². The number of hydrogen-bond donors (Lipinski definition) is 1. The molecule has 0 aliphatic carbocycles. The van der Waals surface area contributed by atoms with Gasteiger partial charge in [-0.2, -0.15) is 0 Å². The molecule has 0 aliphatic rings. The summed E-state index contributed by atoms with van der Waals surface area (Å²) >= 11 is 1.57. The highest BCUT2D eigenvalue weighted by Crippen LogP contribution is 2.23. The summed E-state index contributed by atoms with van der Waals surface area (Å²) < 4.78 is 15.6. The SMILES string of the molecule is O=C(Nc1ccc(-c2cn3ccsc3n2)cc1)c1ccccc1F. The molecular formula is C18H12FN3OS. The minimum atomic E-state index is -0.537. The van der Waals surface area contributed by atoms with Gasteiger partial charge in [0.1, 0.15) is 5.82 Å². The fourth-order valence-electron chi connectivity index (χ4n) is 2.43. The van der Waals surface area contributed by atoms with Gasteiger partial charge in [0.15, 0.2) is 4.96 Å². The number of halogens is 1. The third-order valence-electron chi connectivity index (χ3n) is 3.65. The number of carbonyl (C=O) groups excluding carboxylic acids is 1. The van der Waals surface area contributed by atoms with Gasteiger partial charge in [0.05, 0.1) is 11.3 Å². The van der Waals surface area contributed by atoms with Crippen LogP contribution >= 0.6 is 11.3 Å². The summed E-state index contributed by atoms with van der Waals surface area (Å²) in [7, 11) is 0. The van der Waals surface area contributed by atoms with Gasteiger partial charge in [-0.1, -0.05) is 24.3 Å². The lowest BCUT2D eigenvalue weighted by Crippen LogP contribution is -2.13. The molecule has 1 amide bonds. The maximum absolute atomic E-state index is 13.6. The average Bonchev–Trinajstić information content (AvgIpc) is 3.17. The van der Waals surface area contributed by atoms with Gasteiger partial charge < -0.3 is 5.32 Å². The zero-order chi connectivity index (χ0) is 16.5. The number of nitrogens with zero attached hydrogens (tertiary/aromatic N) is 2. The van der Waals surface area contributed by atoms with Crippen LogP contribution in [0.4, 0.5) is 10.1 Å². The van der Waals surface area contributed by atoms with E-state index in [4.69, 9.17) is 0 Å². The average molecular weight is 337 g/mol. The van der Waals surface area contributed by atoms with Crippen molar-refractivity contribution in [3.8, 4) is 11.3 Å². The molecular weight excluding hydrogens is 325 g/mol. The molecule has 2 aromatic heterocycles. The minimum Gasteiger partial charge on any atom is -0.322 e. The Morgan fingerprint density at radius 3 is 2.67 bits per heavy atom. The summed E-state index contributed by atoms with van der Waals surface area (Å²) in [5.74, 6) is -1.01. The van der Waals surface area contributed by atoms with Gasteiger partial charge in [-0.3, -0.25) is 9.20 Å². The van der Waals surface area contributed by atoms with E-state index in [9.17, 15) is 9.18 Å². The highest BCUT2D eigenvalue weighted by Gasteiger charge is 2.11. The van der Waals surface area contributed by atoms with Crippen LogP contribution in [-0.4, -0.2) is 15.3 Å². The van der Waals surface area contributed by atoms with Crippen LogP contribution in [0.2, 0.25) is 0 Å². The molecule has 2 heterocycles. The van der Waals surface area contributed by atoms with Gasteiger partial charge >= 0.3 is 0 Å². The van der Waals surface area contributed by atoms with Crippen molar-refractivity contribution in [3.05, 3.63) is 77.7 Å². The van der Waals surface area contributed by atoms with Crippen LogP contribution in [0.5, 0.6) is 0 Å². The van der Waals surface area contributed by atoms with Crippen molar-refractivity contribution in [2.45, 2.75) is 0 Å². The molecule has 0 unspecified atom stereocenters. The Hall–Kier alpha value is -2.99. The van der Waals surface area contributed by atoms with Crippen LogP contribution in [-0.2, 0) is 0 Å². The van der Waals surface area contributed by atoms with Crippen molar-refractivity contribution in [3.63, 3.8) is 0 Å². The predicted molar refractivity (Wildman–Crippen MR) is 92.9 cm³/mol. The highest BCUT2D eigenvalue weighted by molar-refractivity contribution is 7.15. The van der Waals surface area contributed by atoms with Crippen LogP contribution in [0.1, 0.15) is 10.4 Å². The number of thiazole rings is 1. The van der Waals surface area contributed by atoms with Crippen molar-refractivity contribution in [1.29, 1.82) is 0 Å². The Morgan fingerprint density at radius 2 is 1.92 bits per heavy atom. The van der Waals surface area contributed by atoms with E-state index in [1.54, 1.807) is 35.6 Å². The van der Waals surface area contributed by atoms with Gasteiger partial charge in [0, 0.05) is 29.0 Å².